The largest absolute Gasteiger partial charge is 0.497 e. The first-order valence-corrected chi connectivity index (χ1v) is 13.2. The van der Waals surface area contributed by atoms with Crippen LogP contribution < -0.4 is 9.64 Å². The van der Waals surface area contributed by atoms with Crippen LogP contribution in [0.4, 0.5) is 24.5 Å². The first-order valence-electron chi connectivity index (χ1n) is 12.3. The van der Waals surface area contributed by atoms with Crippen LogP contribution in [0.15, 0.2) is 71.6 Å². The molecule has 0 saturated heterocycles. The number of carbonyl (C=O) groups is 2. The van der Waals surface area contributed by atoms with E-state index in [1.807, 2.05) is 0 Å². The van der Waals surface area contributed by atoms with E-state index in [4.69, 9.17) is 9.47 Å². The normalized spacial score (nSPS) is 17.1. The molecule has 1 heterocycles. The average molecular weight is 590 g/mol. The predicted molar refractivity (Wildman–Crippen MR) is 146 cm³/mol. The molecule has 9 nitrogen and oxygen atoms in total. The number of carbonyl (C=O) groups excluding carboxylic acids is 2. The molecular formula is C28H26F3N3O6S. The molecule has 2 atom stereocenters. The third-order valence-corrected chi connectivity index (χ3v) is 7.75. The van der Waals surface area contributed by atoms with Crippen molar-refractivity contribution in [2.75, 3.05) is 39.2 Å². The molecule has 0 unspecified atom stereocenters. The van der Waals surface area contributed by atoms with E-state index in [1.165, 1.54) is 30.2 Å². The van der Waals surface area contributed by atoms with Crippen LogP contribution in [0.2, 0.25) is 0 Å². The first-order chi connectivity index (χ1) is 19.4. The number of nitrogens with zero attached hydrogens (tertiary/aromatic N) is 3. The summed E-state index contributed by atoms with van der Waals surface area (Å²) in [5.41, 5.74) is -0.538. The van der Waals surface area contributed by atoms with Crippen LogP contribution in [0.25, 0.3) is 0 Å². The molecule has 13 heteroatoms. The molecule has 1 amide bonds. The van der Waals surface area contributed by atoms with Crippen LogP contribution in [-0.4, -0.2) is 62.1 Å². The minimum Gasteiger partial charge on any atom is -0.497 e. The molecule has 0 N–H and O–H groups in total. The summed E-state index contributed by atoms with van der Waals surface area (Å²) in [5.74, 6) is -1.07. The second-order valence-corrected chi connectivity index (χ2v) is 10.6. The average Bonchev–Trinajstić information content (AvgIpc) is 3.05. The molecule has 1 aliphatic rings. The molecule has 1 aliphatic heterocycles. The Morgan fingerprint density at radius 1 is 1.07 bits per heavy atom. The summed E-state index contributed by atoms with van der Waals surface area (Å²) in [4.78, 5) is 41.1. The number of hydrogen-bond acceptors (Lipinski definition) is 8. The molecule has 4 rings (SSSR count). The Balaban J connectivity index is 1.81. The second kappa shape index (κ2) is 12.2. The van der Waals surface area contributed by atoms with Gasteiger partial charge in [-0.25, -0.2) is 4.79 Å². The molecule has 0 radical (unpaired) electrons. The maximum absolute atomic E-state index is 14.1. The van der Waals surface area contributed by atoms with Crippen molar-refractivity contribution in [3.8, 4) is 5.75 Å². The van der Waals surface area contributed by atoms with Crippen molar-refractivity contribution < 1.29 is 37.2 Å². The number of anilines is 1. The van der Waals surface area contributed by atoms with Crippen molar-refractivity contribution in [2.45, 2.75) is 22.4 Å². The molecule has 0 aromatic heterocycles. The number of non-ortho nitro benzene ring substituents is 1. The fourth-order valence-corrected chi connectivity index (χ4v) is 5.49. The number of nitro benzene ring substituents is 1. The summed E-state index contributed by atoms with van der Waals surface area (Å²) < 4.78 is 52.0. The summed E-state index contributed by atoms with van der Waals surface area (Å²) in [7, 11) is 5.01. The molecule has 0 spiro atoms. The van der Waals surface area contributed by atoms with E-state index in [-0.39, 0.29) is 23.5 Å². The summed E-state index contributed by atoms with van der Waals surface area (Å²) in [5, 5.41) is 10.2. The van der Waals surface area contributed by atoms with Crippen LogP contribution in [0.5, 0.6) is 5.75 Å². The molecule has 216 valence electrons. The molecule has 0 bridgehead atoms. The van der Waals surface area contributed by atoms with E-state index >= 15 is 0 Å². The van der Waals surface area contributed by atoms with Gasteiger partial charge in [0.05, 0.1) is 34.1 Å². The van der Waals surface area contributed by atoms with E-state index < -0.39 is 39.9 Å². The van der Waals surface area contributed by atoms with E-state index in [1.54, 1.807) is 43.3 Å². The van der Waals surface area contributed by atoms with Gasteiger partial charge in [-0.05, 0) is 62.1 Å². The third kappa shape index (κ3) is 6.80. The molecule has 0 fully saturated rings. The highest BCUT2D eigenvalue weighted by Gasteiger charge is 2.42. The van der Waals surface area contributed by atoms with Crippen molar-refractivity contribution >= 4 is 35.0 Å². The number of ether oxygens (including phenoxy) is 2. The molecule has 0 saturated carbocycles. The van der Waals surface area contributed by atoms with Crippen molar-refractivity contribution in [3.63, 3.8) is 0 Å². The lowest BCUT2D eigenvalue weighted by Crippen LogP contribution is -2.45. The highest BCUT2D eigenvalue weighted by molar-refractivity contribution is 7.99. The SMILES string of the molecule is COc1ccc([C@H]2Sc3ccc(C(F)(F)F)cc3N(CCN(C)C)C(=O)[C@H]2OC(=O)c2ccc([N+](=O)[O-])cc2)cc1. The number of nitro groups is 1. The number of esters is 1. The van der Waals surface area contributed by atoms with E-state index in [0.717, 1.165) is 36.0 Å². The van der Waals surface area contributed by atoms with Gasteiger partial charge in [-0.3, -0.25) is 14.9 Å². The Bertz CT molecular complexity index is 1430. The monoisotopic (exact) mass is 589 g/mol. The van der Waals surface area contributed by atoms with Crippen molar-refractivity contribution in [1.82, 2.24) is 4.90 Å². The van der Waals surface area contributed by atoms with Gasteiger partial charge in [-0.15, -0.1) is 11.8 Å². The smallest absolute Gasteiger partial charge is 0.416 e. The van der Waals surface area contributed by atoms with E-state index in [0.29, 0.717) is 22.8 Å². The van der Waals surface area contributed by atoms with Gasteiger partial charge < -0.3 is 19.3 Å². The maximum atomic E-state index is 14.1. The van der Waals surface area contributed by atoms with Crippen LogP contribution in [0.3, 0.4) is 0 Å². The van der Waals surface area contributed by atoms with Gasteiger partial charge in [0.1, 0.15) is 5.75 Å². The van der Waals surface area contributed by atoms with Crippen molar-refractivity contribution in [3.05, 3.63) is 93.5 Å². The fourth-order valence-electron chi connectivity index (χ4n) is 4.19. The Labute approximate surface area is 238 Å². The van der Waals surface area contributed by atoms with Crippen molar-refractivity contribution in [1.29, 1.82) is 0 Å². The zero-order chi connectivity index (χ0) is 29.9. The van der Waals surface area contributed by atoms with Gasteiger partial charge in [-0.2, -0.15) is 13.2 Å². The molecule has 41 heavy (non-hydrogen) atoms. The zero-order valence-electron chi connectivity index (χ0n) is 22.3. The van der Waals surface area contributed by atoms with Gasteiger partial charge in [-0.1, -0.05) is 12.1 Å². The Morgan fingerprint density at radius 3 is 2.29 bits per heavy atom. The third-order valence-electron chi connectivity index (χ3n) is 6.38. The Hall–Kier alpha value is -4.10. The highest BCUT2D eigenvalue weighted by atomic mass is 32.2. The molecule has 0 aliphatic carbocycles. The predicted octanol–water partition coefficient (Wildman–Crippen LogP) is 5.59. The van der Waals surface area contributed by atoms with Gasteiger partial charge in [0, 0.05) is 30.1 Å². The lowest BCUT2D eigenvalue weighted by atomic mass is 10.0. The zero-order valence-corrected chi connectivity index (χ0v) is 23.1. The van der Waals surface area contributed by atoms with Crippen LogP contribution in [0, 0.1) is 10.1 Å². The first kappa shape index (κ1) is 29.9. The molecular weight excluding hydrogens is 563 g/mol. The van der Waals surface area contributed by atoms with E-state index in [2.05, 4.69) is 0 Å². The van der Waals surface area contributed by atoms with Gasteiger partial charge >= 0.3 is 12.1 Å². The summed E-state index contributed by atoms with van der Waals surface area (Å²) in [6.07, 6.45) is -6.08. The van der Waals surface area contributed by atoms with Crippen LogP contribution in [-0.2, 0) is 15.7 Å². The maximum Gasteiger partial charge on any atom is 0.416 e. The number of halogens is 3. The highest BCUT2D eigenvalue weighted by Crippen LogP contribution is 2.48. The summed E-state index contributed by atoms with van der Waals surface area (Å²) in [6, 6.07) is 14.6. The lowest BCUT2D eigenvalue weighted by molar-refractivity contribution is -0.384. The van der Waals surface area contributed by atoms with E-state index in [9.17, 15) is 32.9 Å². The fraction of sp³-hybridized carbons (Fsp3) is 0.286. The number of rotatable bonds is 8. The van der Waals surface area contributed by atoms with Gasteiger partial charge in [0.25, 0.3) is 11.6 Å². The second-order valence-electron chi connectivity index (χ2n) is 9.41. The molecule has 3 aromatic rings. The number of amides is 1. The minimum absolute atomic E-state index is 0.0251. The van der Waals surface area contributed by atoms with Crippen molar-refractivity contribution in [2.24, 2.45) is 0 Å². The number of likely N-dealkylation sites (N-methyl/N-ethyl adjacent to an activating group) is 1. The quantitative estimate of drug-likeness (QED) is 0.190. The number of thioether (sulfide) groups is 1. The number of benzene rings is 3. The Kier molecular flexibility index (Phi) is 8.88. The number of methoxy groups -OCH3 is 1. The Morgan fingerprint density at radius 2 is 1.73 bits per heavy atom. The summed E-state index contributed by atoms with van der Waals surface area (Å²) >= 11 is 1.11. The number of hydrogen-bond donors (Lipinski definition) is 0. The van der Waals surface area contributed by atoms with Crippen LogP contribution in [0.1, 0.15) is 26.7 Å². The lowest BCUT2D eigenvalue weighted by Gasteiger charge is -2.29. The standard InChI is InChI=1S/C28H26F3N3O6S/c1-32(2)14-15-33-22-16-19(28(29,30)31)8-13-23(22)41-25(17-6-11-21(39-3)12-7-17)24(26(33)35)40-27(36)18-4-9-20(10-5-18)34(37)38/h4-13,16,24-25H,14-15H2,1-3H3/t24-,25+/m0/s1. The number of alkyl halides is 3. The topological polar surface area (TPSA) is 102 Å². The van der Waals surface area contributed by atoms with Gasteiger partial charge in [0.15, 0.2) is 6.10 Å². The van der Waals surface area contributed by atoms with Crippen LogP contribution >= 0.6 is 11.8 Å². The van der Waals surface area contributed by atoms with Gasteiger partial charge in [0.2, 0.25) is 0 Å². The summed E-state index contributed by atoms with van der Waals surface area (Å²) in [6.45, 7) is 0.351. The minimum atomic E-state index is -4.64. The number of fused-ring (bicyclic) bond motifs is 1. The molecule has 3 aromatic carbocycles.